The molecule has 0 atom stereocenters. The number of aryl methyl sites for hydroxylation is 1. The maximum absolute atomic E-state index is 13.4. The molecule has 3 nitrogen and oxygen atoms in total. The van der Waals surface area contributed by atoms with Crippen molar-refractivity contribution in [2.24, 2.45) is 5.92 Å². The number of benzene rings is 1. The van der Waals surface area contributed by atoms with Crippen LogP contribution in [-0.2, 0) is 4.79 Å². The second-order valence-corrected chi connectivity index (χ2v) is 4.87. The third kappa shape index (κ3) is 5.17. The number of nitrogens with one attached hydrogen (secondary N) is 2. The summed E-state index contributed by atoms with van der Waals surface area (Å²) in [6, 6.07) is 4.79. The molecule has 0 bridgehead atoms. The first-order valence-electron chi connectivity index (χ1n) is 6.25. The second kappa shape index (κ2) is 6.99. The van der Waals surface area contributed by atoms with Crippen molar-refractivity contribution in [1.82, 2.24) is 5.32 Å². The summed E-state index contributed by atoms with van der Waals surface area (Å²) in [5, 5.41) is 5.60. The van der Waals surface area contributed by atoms with Gasteiger partial charge in [-0.1, -0.05) is 19.9 Å². The number of rotatable bonds is 6. The number of anilines is 1. The van der Waals surface area contributed by atoms with E-state index >= 15 is 0 Å². The van der Waals surface area contributed by atoms with Gasteiger partial charge in [0, 0.05) is 6.54 Å². The Balaban J connectivity index is 2.36. The van der Waals surface area contributed by atoms with E-state index in [9.17, 15) is 9.18 Å². The molecule has 1 rings (SSSR count). The molecule has 2 N–H and O–H groups in total. The molecule has 1 aromatic rings. The van der Waals surface area contributed by atoms with Gasteiger partial charge in [0.2, 0.25) is 5.91 Å². The molecular formula is C14H21FN2O. The van der Waals surface area contributed by atoms with Crippen LogP contribution in [0.2, 0.25) is 0 Å². The summed E-state index contributed by atoms with van der Waals surface area (Å²) < 4.78 is 13.4. The van der Waals surface area contributed by atoms with Gasteiger partial charge in [0.05, 0.1) is 12.2 Å². The highest BCUT2D eigenvalue weighted by molar-refractivity contribution is 5.80. The molecule has 0 fully saturated rings. The molecule has 18 heavy (non-hydrogen) atoms. The summed E-state index contributed by atoms with van der Waals surface area (Å²) in [5.41, 5.74) is 1.33. The average Bonchev–Trinajstić information content (AvgIpc) is 2.30. The van der Waals surface area contributed by atoms with Gasteiger partial charge in [-0.25, -0.2) is 4.39 Å². The van der Waals surface area contributed by atoms with E-state index in [1.807, 2.05) is 6.92 Å². The predicted octanol–water partition coefficient (Wildman–Crippen LogP) is 2.71. The average molecular weight is 252 g/mol. The van der Waals surface area contributed by atoms with Crippen LogP contribution in [0.5, 0.6) is 0 Å². The first-order chi connectivity index (χ1) is 8.49. The summed E-state index contributed by atoms with van der Waals surface area (Å²) in [7, 11) is 0. The van der Waals surface area contributed by atoms with Crippen LogP contribution >= 0.6 is 0 Å². The Morgan fingerprint density at radius 2 is 2.11 bits per heavy atom. The monoisotopic (exact) mass is 252 g/mol. The van der Waals surface area contributed by atoms with Crippen LogP contribution in [-0.4, -0.2) is 19.0 Å². The molecular weight excluding hydrogens is 231 g/mol. The zero-order valence-corrected chi connectivity index (χ0v) is 11.2. The van der Waals surface area contributed by atoms with Gasteiger partial charge >= 0.3 is 0 Å². The number of carbonyl (C=O) groups excluding carboxylic acids is 1. The maximum atomic E-state index is 13.4. The summed E-state index contributed by atoms with van der Waals surface area (Å²) in [6.07, 6.45) is 0.949. The minimum Gasteiger partial charge on any atom is -0.374 e. The SMILES string of the molecule is Cc1ccc(F)c(NCC(=O)NCCC(C)C)c1. The Bertz CT molecular complexity index is 405. The van der Waals surface area contributed by atoms with Crippen LogP contribution in [0, 0.1) is 18.7 Å². The molecule has 1 amide bonds. The molecule has 100 valence electrons. The minimum atomic E-state index is -0.337. The van der Waals surface area contributed by atoms with Gasteiger partial charge in [-0.15, -0.1) is 0 Å². The van der Waals surface area contributed by atoms with Gasteiger partial charge in [0.15, 0.2) is 0 Å². The van der Waals surface area contributed by atoms with E-state index in [1.165, 1.54) is 6.07 Å². The smallest absolute Gasteiger partial charge is 0.239 e. The van der Waals surface area contributed by atoms with Gasteiger partial charge in [-0.05, 0) is 37.0 Å². The second-order valence-electron chi connectivity index (χ2n) is 4.87. The Hall–Kier alpha value is -1.58. The van der Waals surface area contributed by atoms with Crippen LogP contribution in [0.25, 0.3) is 0 Å². The zero-order valence-electron chi connectivity index (χ0n) is 11.2. The van der Waals surface area contributed by atoms with E-state index in [1.54, 1.807) is 12.1 Å². The van der Waals surface area contributed by atoms with Crippen LogP contribution in [0.1, 0.15) is 25.8 Å². The highest BCUT2D eigenvalue weighted by Gasteiger charge is 2.05. The molecule has 0 aliphatic rings. The molecule has 0 spiro atoms. The highest BCUT2D eigenvalue weighted by atomic mass is 19.1. The lowest BCUT2D eigenvalue weighted by Crippen LogP contribution is -2.31. The molecule has 0 aromatic heterocycles. The van der Waals surface area contributed by atoms with Crippen molar-refractivity contribution < 1.29 is 9.18 Å². The third-order valence-corrected chi connectivity index (χ3v) is 2.61. The molecule has 4 heteroatoms. The predicted molar refractivity (Wildman–Crippen MR) is 72.1 cm³/mol. The lowest BCUT2D eigenvalue weighted by atomic mass is 10.1. The third-order valence-electron chi connectivity index (χ3n) is 2.61. The standard InChI is InChI=1S/C14H21FN2O/c1-10(2)6-7-16-14(18)9-17-13-8-11(3)4-5-12(13)15/h4-5,8,10,17H,6-7,9H2,1-3H3,(H,16,18). The lowest BCUT2D eigenvalue weighted by Gasteiger charge is -2.10. The fraction of sp³-hybridized carbons (Fsp3) is 0.500. The Morgan fingerprint density at radius 3 is 2.78 bits per heavy atom. The number of hydrogen-bond acceptors (Lipinski definition) is 2. The first kappa shape index (κ1) is 14.5. The van der Waals surface area contributed by atoms with E-state index in [0.717, 1.165) is 12.0 Å². The van der Waals surface area contributed by atoms with Gasteiger partial charge in [-0.2, -0.15) is 0 Å². The van der Waals surface area contributed by atoms with Crippen molar-refractivity contribution in [2.75, 3.05) is 18.4 Å². The lowest BCUT2D eigenvalue weighted by molar-refractivity contribution is -0.119. The highest BCUT2D eigenvalue weighted by Crippen LogP contribution is 2.14. The van der Waals surface area contributed by atoms with Crippen molar-refractivity contribution >= 4 is 11.6 Å². The molecule has 0 unspecified atom stereocenters. The summed E-state index contributed by atoms with van der Waals surface area (Å²) in [4.78, 5) is 11.5. The van der Waals surface area contributed by atoms with E-state index in [0.29, 0.717) is 18.2 Å². The molecule has 0 aliphatic carbocycles. The van der Waals surface area contributed by atoms with Gasteiger partial charge in [0.1, 0.15) is 5.82 Å². The number of amides is 1. The van der Waals surface area contributed by atoms with Crippen molar-refractivity contribution in [3.8, 4) is 0 Å². The van der Waals surface area contributed by atoms with Crippen molar-refractivity contribution in [1.29, 1.82) is 0 Å². The van der Waals surface area contributed by atoms with Crippen LogP contribution < -0.4 is 10.6 Å². The number of carbonyl (C=O) groups is 1. The number of halogens is 1. The van der Waals surface area contributed by atoms with Crippen LogP contribution in [0.15, 0.2) is 18.2 Å². The number of hydrogen-bond donors (Lipinski definition) is 2. The van der Waals surface area contributed by atoms with Crippen molar-refractivity contribution in [3.05, 3.63) is 29.6 Å². The van der Waals surface area contributed by atoms with E-state index in [-0.39, 0.29) is 18.3 Å². The summed E-state index contributed by atoms with van der Waals surface area (Å²) in [5.74, 6) is 0.111. The Kier molecular flexibility index (Phi) is 5.62. The Morgan fingerprint density at radius 1 is 1.39 bits per heavy atom. The summed E-state index contributed by atoms with van der Waals surface area (Å²) in [6.45, 7) is 6.85. The molecule has 0 radical (unpaired) electrons. The molecule has 0 heterocycles. The molecule has 0 saturated carbocycles. The van der Waals surface area contributed by atoms with E-state index in [2.05, 4.69) is 24.5 Å². The summed E-state index contributed by atoms with van der Waals surface area (Å²) >= 11 is 0. The fourth-order valence-corrected chi connectivity index (χ4v) is 1.51. The van der Waals surface area contributed by atoms with Crippen molar-refractivity contribution in [2.45, 2.75) is 27.2 Å². The van der Waals surface area contributed by atoms with Crippen LogP contribution in [0.4, 0.5) is 10.1 Å². The van der Waals surface area contributed by atoms with E-state index < -0.39 is 0 Å². The van der Waals surface area contributed by atoms with Gasteiger partial charge in [-0.3, -0.25) is 4.79 Å². The normalized spacial score (nSPS) is 10.5. The largest absolute Gasteiger partial charge is 0.374 e. The Labute approximate surface area is 108 Å². The van der Waals surface area contributed by atoms with Gasteiger partial charge in [0.25, 0.3) is 0 Å². The quantitative estimate of drug-likeness (QED) is 0.817. The zero-order chi connectivity index (χ0) is 13.5. The first-order valence-corrected chi connectivity index (χ1v) is 6.25. The molecule has 0 aliphatic heterocycles. The minimum absolute atomic E-state index is 0.0957. The van der Waals surface area contributed by atoms with Crippen molar-refractivity contribution in [3.63, 3.8) is 0 Å². The molecule has 0 saturated heterocycles. The fourth-order valence-electron chi connectivity index (χ4n) is 1.51. The topological polar surface area (TPSA) is 41.1 Å². The van der Waals surface area contributed by atoms with Crippen LogP contribution in [0.3, 0.4) is 0 Å². The van der Waals surface area contributed by atoms with Gasteiger partial charge < -0.3 is 10.6 Å². The van der Waals surface area contributed by atoms with E-state index in [4.69, 9.17) is 0 Å². The maximum Gasteiger partial charge on any atom is 0.239 e. The molecule has 1 aromatic carbocycles.